The van der Waals surface area contributed by atoms with Gasteiger partial charge in [-0.2, -0.15) is 0 Å². The Morgan fingerprint density at radius 2 is 1.92 bits per heavy atom. The normalized spacial score (nSPS) is 13.0. The first-order valence-electron chi connectivity index (χ1n) is 9.60. The Morgan fingerprint density at radius 3 is 2.65 bits per heavy atom. The van der Waals surface area contributed by atoms with E-state index in [0.717, 1.165) is 22.0 Å². The highest BCUT2D eigenvalue weighted by Gasteiger charge is 2.08. The van der Waals surface area contributed by atoms with E-state index in [1.165, 1.54) is 24.3 Å². The minimum Gasteiger partial charge on any atom is -0.334 e. The number of aryl methyl sites for hydroxylation is 2. The van der Waals surface area contributed by atoms with E-state index >= 15 is 0 Å². The van der Waals surface area contributed by atoms with E-state index in [1.807, 2.05) is 35.9 Å². The third-order valence-electron chi connectivity index (χ3n) is 4.22. The molecule has 0 saturated heterocycles. The highest BCUT2D eigenvalue weighted by Crippen LogP contribution is 2.25. The molecule has 4 rings (SSSR count). The van der Waals surface area contributed by atoms with Gasteiger partial charge in [-0.05, 0) is 36.5 Å². The standard InChI is InChI=1S/C21H18N4O/c1-14-3-5-15(6-4-14)21(26)24-20-10-18-9-16(7-8-17(18)11-23-20)19-12-22-13-25(19)2/h3-13H,1-2H3,(H,23,24,26)/i1D3. The summed E-state index contributed by atoms with van der Waals surface area (Å²) in [6.45, 7) is -2.19. The van der Waals surface area contributed by atoms with Crippen LogP contribution in [0.5, 0.6) is 0 Å². The van der Waals surface area contributed by atoms with E-state index in [4.69, 9.17) is 4.11 Å². The molecule has 0 saturated carbocycles. The average Bonchev–Trinajstić information content (AvgIpc) is 3.13. The fourth-order valence-electron chi connectivity index (χ4n) is 2.81. The highest BCUT2D eigenvalue weighted by atomic mass is 16.1. The van der Waals surface area contributed by atoms with Gasteiger partial charge in [0.25, 0.3) is 5.91 Å². The van der Waals surface area contributed by atoms with Gasteiger partial charge < -0.3 is 9.88 Å². The van der Waals surface area contributed by atoms with Crippen LogP contribution in [0.15, 0.2) is 67.3 Å². The molecule has 0 fully saturated rings. The summed E-state index contributed by atoms with van der Waals surface area (Å²) in [7, 11) is 1.93. The fraction of sp³-hybridized carbons (Fsp3) is 0.0952. The molecular formula is C21H18N4O. The number of imidazole rings is 1. The molecule has 0 aliphatic rings. The van der Waals surface area contributed by atoms with Gasteiger partial charge in [0.15, 0.2) is 0 Å². The first kappa shape index (κ1) is 12.8. The van der Waals surface area contributed by atoms with Crippen LogP contribution in [-0.2, 0) is 7.05 Å². The topological polar surface area (TPSA) is 59.8 Å². The third kappa shape index (κ3) is 3.07. The van der Waals surface area contributed by atoms with Crippen molar-refractivity contribution in [1.29, 1.82) is 0 Å². The summed E-state index contributed by atoms with van der Waals surface area (Å²) in [6, 6.07) is 13.7. The number of hydrogen-bond donors (Lipinski definition) is 1. The molecule has 0 unspecified atom stereocenters. The van der Waals surface area contributed by atoms with Gasteiger partial charge in [0.05, 0.1) is 18.2 Å². The number of aromatic nitrogens is 3. The van der Waals surface area contributed by atoms with E-state index in [1.54, 1.807) is 18.7 Å². The number of carbonyl (C=O) groups excluding carboxylic acids is 1. The number of nitrogens with zero attached hydrogens (tertiary/aromatic N) is 3. The number of fused-ring (bicyclic) bond motifs is 1. The lowest BCUT2D eigenvalue weighted by atomic mass is 10.1. The van der Waals surface area contributed by atoms with Gasteiger partial charge in [0.2, 0.25) is 0 Å². The van der Waals surface area contributed by atoms with Gasteiger partial charge in [0, 0.05) is 33.9 Å². The van der Waals surface area contributed by atoms with Gasteiger partial charge in [-0.1, -0.05) is 29.8 Å². The van der Waals surface area contributed by atoms with Crippen molar-refractivity contribution < 1.29 is 8.91 Å². The van der Waals surface area contributed by atoms with Crippen molar-refractivity contribution in [2.75, 3.05) is 5.32 Å². The number of pyridine rings is 1. The number of carbonyl (C=O) groups is 1. The summed E-state index contributed by atoms with van der Waals surface area (Å²) in [5.41, 5.74) is 2.56. The molecule has 1 amide bonds. The Hall–Kier alpha value is -3.47. The predicted octanol–water partition coefficient (Wildman–Crippen LogP) is 4.20. The van der Waals surface area contributed by atoms with Gasteiger partial charge in [-0.15, -0.1) is 0 Å². The van der Waals surface area contributed by atoms with Gasteiger partial charge in [-0.3, -0.25) is 4.79 Å². The Kier molecular flexibility index (Phi) is 3.18. The highest BCUT2D eigenvalue weighted by molar-refractivity contribution is 6.04. The van der Waals surface area contributed by atoms with Gasteiger partial charge >= 0.3 is 0 Å². The molecule has 5 heteroatoms. The molecule has 2 aromatic carbocycles. The number of amides is 1. The summed E-state index contributed by atoms with van der Waals surface area (Å²) in [5, 5.41) is 4.66. The van der Waals surface area contributed by atoms with Crippen LogP contribution in [0.2, 0.25) is 0 Å². The first-order valence-corrected chi connectivity index (χ1v) is 8.10. The monoisotopic (exact) mass is 345 g/mol. The quantitative estimate of drug-likeness (QED) is 0.605. The van der Waals surface area contributed by atoms with Crippen molar-refractivity contribution in [3.63, 3.8) is 0 Å². The van der Waals surface area contributed by atoms with E-state index in [9.17, 15) is 4.79 Å². The van der Waals surface area contributed by atoms with Crippen LogP contribution in [0.1, 0.15) is 20.0 Å². The molecule has 5 nitrogen and oxygen atoms in total. The maximum Gasteiger partial charge on any atom is 0.256 e. The molecule has 128 valence electrons. The second-order valence-electron chi connectivity index (χ2n) is 6.05. The Bertz CT molecular complexity index is 1200. The number of anilines is 1. The summed E-state index contributed by atoms with van der Waals surface area (Å²) >= 11 is 0. The second-order valence-corrected chi connectivity index (χ2v) is 6.05. The smallest absolute Gasteiger partial charge is 0.256 e. The van der Waals surface area contributed by atoms with Crippen LogP contribution < -0.4 is 5.32 Å². The van der Waals surface area contributed by atoms with Crippen molar-refractivity contribution in [2.45, 2.75) is 6.85 Å². The molecule has 0 atom stereocenters. The SMILES string of the molecule is [2H]C([2H])([2H])c1ccc(C(=O)Nc2cc3cc(-c4cncn4C)ccc3cn2)cc1. The number of nitrogens with one attached hydrogen (secondary N) is 1. The van der Waals surface area contributed by atoms with Crippen molar-refractivity contribution in [2.24, 2.45) is 7.05 Å². The average molecular weight is 345 g/mol. The van der Waals surface area contributed by atoms with Crippen molar-refractivity contribution in [3.8, 4) is 11.3 Å². The number of benzene rings is 2. The zero-order valence-corrected chi connectivity index (χ0v) is 14.1. The van der Waals surface area contributed by atoms with Crippen LogP contribution in [-0.4, -0.2) is 20.4 Å². The van der Waals surface area contributed by atoms with Crippen LogP contribution >= 0.6 is 0 Å². The van der Waals surface area contributed by atoms with Crippen molar-refractivity contribution in [1.82, 2.24) is 14.5 Å². The van der Waals surface area contributed by atoms with Gasteiger partial charge in [0.1, 0.15) is 5.82 Å². The Labute approximate surface area is 155 Å². The van der Waals surface area contributed by atoms with Crippen molar-refractivity contribution in [3.05, 3.63) is 78.4 Å². The second kappa shape index (κ2) is 6.44. The van der Waals surface area contributed by atoms with Crippen molar-refractivity contribution >= 4 is 22.5 Å². The molecular weight excluding hydrogens is 324 g/mol. The molecule has 0 radical (unpaired) electrons. The number of hydrogen-bond acceptors (Lipinski definition) is 3. The lowest BCUT2D eigenvalue weighted by Gasteiger charge is -2.08. The molecule has 0 bridgehead atoms. The largest absolute Gasteiger partial charge is 0.334 e. The minimum absolute atomic E-state index is 0.195. The lowest BCUT2D eigenvalue weighted by molar-refractivity contribution is 0.102. The van der Waals surface area contributed by atoms with Crippen LogP contribution in [0, 0.1) is 6.85 Å². The molecule has 26 heavy (non-hydrogen) atoms. The molecule has 1 N–H and O–H groups in total. The molecule has 2 heterocycles. The number of rotatable bonds is 3. The Morgan fingerprint density at radius 1 is 1.08 bits per heavy atom. The Balaban J connectivity index is 1.59. The summed E-state index contributed by atoms with van der Waals surface area (Å²) < 4.78 is 24.2. The molecule has 0 aliphatic heterocycles. The molecule has 0 aliphatic carbocycles. The van der Waals surface area contributed by atoms with Crippen LogP contribution in [0.25, 0.3) is 22.0 Å². The third-order valence-corrected chi connectivity index (χ3v) is 4.22. The van der Waals surface area contributed by atoms with E-state index in [2.05, 4.69) is 15.3 Å². The maximum absolute atomic E-state index is 12.5. The molecule has 0 spiro atoms. The minimum atomic E-state index is -2.19. The zero-order chi connectivity index (χ0) is 20.6. The fourth-order valence-corrected chi connectivity index (χ4v) is 2.81. The van der Waals surface area contributed by atoms with E-state index < -0.39 is 6.85 Å². The molecule has 2 aromatic heterocycles. The molecule has 4 aromatic rings. The first-order chi connectivity index (χ1) is 13.8. The lowest BCUT2D eigenvalue weighted by Crippen LogP contribution is -2.12. The predicted molar refractivity (Wildman–Crippen MR) is 103 cm³/mol. The van der Waals surface area contributed by atoms with Crippen LogP contribution in [0.4, 0.5) is 5.82 Å². The van der Waals surface area contributed by atoms with E-state index in [-0.39, 0.29) is 11.5 Å². The maximum atomic E-state index is 12.5. The summed E-state index contributed by atoms with van der Waals surface area (Å²) in [6.07, 6.45) is 5.25. The van der Waals surface area contributed by atoms with E-state index in [0.29, 0.717) is 11.4 Å². The summed E-state index contributed by atoms with van der Waals surface area (Å²) in [5.74, 6) is 0.0706. The van der Waals surface area contributed by atoms with Crippen LogP contribution in [0.3, 0.4) is 0 Å². The summed E-state index contributed by atoms with van der Waals surface area (Å²) in [4.78, 5) is 21.0. The van der Waals surface area contributed by atoms with Gasteiger partial charge in [-0.25, -0.2) is 9.97 Å². The zero-order valence-electron chi connectivity index (χ0n) is 17.1.